The maximum absolute atomic E-state index is 13.8. The lowest BCUT2D eigenvalue weighted by molar-refractivity contribution is -0.137. The summed E-state index contributed by atoms with van der Waals surface area (Å²) >= 11 is 0. The van der Waals surface area contributed by atoms with Crippen LogP contribution in [0.5, 0.6) is 0 Å². The van der Waals surface area contributed by atoms with Gasteiger partial charge in [-0.1, -0.05) is 12.1 Å². The Morgan fingerprint density at radius 3 is 2.47 bits per heavy atom. The number of carbonyl (C=O) groups is 1. The van der Waals surface area contributed by atoms with Gasteiger partial charge >= 0.3 is 6.18 Å². The average Bonchev–Trinajstić information content (AvgIpc) is 3.33. The molecule has 0 bridgehead atoms. The third-order valence-electron chi connectivity index (χ3n) is 5.83. The molecule has 0 radical (unpaired) electrons. The number of benzene rings is 3. The fourth-order valence-corrected chi connectivity index (χ4v) is 4.18. The summed E-state index contributed by atoms with van der Waals surface area (Å²) in [4.78, 5) is 13.3. The van der Waals surface area contributed by atoms with E-state index in [1.807, 2.05) is 36.0 Å². The van der Waals surface area contributed by atoms with Gasteiger partial charge in [0.05, 0.1) is 5.56 Å². The van der Waals surface area contributed by atoms with Gasteiger partial charge in [-0.3, -0.25) is 4.79 Å². The number of hydrogen-bond acceptors (Lipinski definition) is 1. The van der Waals surface area contributed by atoms with E-state index in [1.165, 1.54) is 24.3 Å². The van der Waals surface area contributed by atoms with Gasteiger partial charge in [-0.05, 0) is 66.2 Å². The minimum Gasteiger partial charge on any atom is -0.351 e. The van der Waals surface area contributed by atoms with Crippen molar-refractivity contribution in [1.29, 1.82) is 0 Å². The fraction of sp³-hybridized carbons (Fsp3) is 0.115. The zero-order valence-electron chi connectivity index (χ0n) is 18.0. The first kappa shape index (κ1) is 21.8. The number of fused-ring (bicyclic) bond motifs is 2. The molecule has 8 heteroatoms. The number of hydrogen-bond donors (Lipinski definition) is 1. The van der Waals surface area contributed by atoms with E-state index in [1.54, 1.807) is 22.8 Å². The Morgan fingerprint density at radius 2 is 1.71 bits per heavy atom. The minimum atomic E-state index is -4.51. The minimum absolute atomic E-state index is 0.118. The zero-order chi connectivity index (χ0) is 24.0. The van der Waals surface area contributed by atoms with Crippen molar-refractivity contribution in [1.82, 2.24) is 9.13 Å². The number of halogens is 4. The lowest BCUT2D eigenvalue weighted by Crippen LogP contribution is -2.17. The van der Waals surface area contributed by atoms with E-state index in [0.717, 1.165) is 23.0 Å². The van der Waals surface area contributed by atoms with Gasteiger partial charge in [0.15, 0.2) is 0 Å². The molecule has 0 aliphatic heterocycles. The maximum atomic E-state index is 13.8. The standard InChI is InChI=1S/C26H19F4N3O/c1-32-10-9-17-13-21(6-8-22(17)32)31-25(34)24-14-18-12-19(26(28,29)30)5-7-23(18)33(24)15-16-3-2-4-20(27)11-16/h2-14H,15H2,1H3,(H,31,34). The largest absolute Gasteiger partial charge is 0.416 e. The Labute approximate surface area is 192 Å². The van der Waals surface area contributed by atoms with E-state index in [9.17, 15) is 22.4 Å². The normalized spacial score (nSPS) is 11.9. The molecule has 5 aromatic rings. The molecular weight excluding hydrogens is 446 g/mol. The van der Waals surface area contributed by atoms with Crippen LogP contribution in [0, 0.1) is 5.82 Å². The highest BCUT2D eigenvalue weighted by Gasteiger charge is 2.31. The van der Waals surface area contributed by atoms with Gasteiger partial charge < -0.3 is 14.5 Å². The van der Waals surface area contributed by atoms with Crippen LogP contribution in [0.4, 0.5) is 23.2 Å². The van der Waals surface area contributed by atoms with Gasteiger partial charge in [0.2, 0.25) is 0 Å². The zero-order valence-corrected chi connectivity index (χ0v) is 18.0. The Hall–Kier alpha value is -4.07. The number of carbonyl (C=O) groups excluding carboxylic acids is 1. The highest BCUT2D eigenvalue weighted by Crippen LogP contribution is 2.33. The summed E-state index contributed by atoms with van der Waals surface area (Å²) in [5, 5.41) is 4.05. The molecule has 172 valence electrons. The van der Waals surface area contributed by atoms with Crippen LogP contribution in [0.2, 0.25) is 0 Å². The molecule has 0 saturated heterocycles. The number of alkyl halides is 3. The number of aromatic nitrogens is 2. The molecule has 2 aromatic heterocycles. The summed E-state index contributed by atoms with van der Waals surface area (Å²) in [5.74, 6) is -0.910. The molecular formula is C26H19F4N3O. The average molecular weight is 465 g/mol. The second-order valence-electron chi connectivity index (χ2n) is 8.17. The van der Waals surface area contributed by atoms with Crippen LogP contribution in [0.25, 0.3) is 21.8 Å². The molecule has 0 aliphatic rings. The van der Waals surface area contributed by atoms with Crippen LogP contribution >= 0.6 is 0 Å². The summed E-state index contributed by atoms with van der Waals surface area (Å²) in [6, 6.07) is 18.0. The van der Waals surface area contributed by atoms with Crippen molar-refractivity contribution in [2.45, 2.75) is 12.7 Å². The van der Waals surface area contributed by atoms with Crippen molar-refractivity contribution in [3.05, 3.63) is 102 Å². The SMILES string of the molecule is Cn1ccc2cc(NC(=O)c3cc4cc(C(F)(F)F)ccc4n3Cc3cccc(F)c3)ccc21. The molecule has 0 spiro atoms. The molecule has 3 aromatic carbocycles. The third-order valence-corrected chi connectivity index (χ3v) is 5.83. The Bertz CT molecular complexity index is 1550. The van der Waals surface area contributed by atoms with Crippen LogP contribution in [-0.2, 0) is 19.8 Å². The first-order chi connectivity index (χ1) is 16.2. The number of nitrogens with zero attached hydrogens (tertiary/aromatic N) is 2. The van der Waals surface area contributed by atoms with E-state index in [-0.39, 0.29) is 17.6 Å². The monoisotopic (exact) mass is 465 g/mol. The van der Waals surface area contributed by atoms with Crippen LogP contribution in [0.15, 0.2) is 79.0 Å². The highest BCUT2D eigenvalue weighted by atomic mass is 19.4. The van der Waals surface area contributed by atoms with Gasteiger partial charge in [-0.2, -0.15) is 13.2 Å². The van der Waals surface area contributed by atoms with E-state index in [2.05, 4.69) is 5.32 Å². The molecule has 0 atom stereocenters. The number of aryl methyl sites for hydroxylation is 1. The first-order valence-electron chi connectivity index (χ1n) is 10.5. The molecule has 0 fully saturated rings. The Kier molecular flexibility index (Phi) is 5.16. The quantitative estimate of drug-likeness (QED) is 0.299. The second kappa shape index (κ2) is 8.06. The molecule has 2 heterocycles. The van der Waals surface area contributed by atoms with Gasteiger partial charge in [0, 0.05) is 47.3 Å². The van der Waals surface area contributed by atoms with E-state index in [4.69, 9.17) is 0 Å². The summed E-state index contributed by atoms with van der Waals surface area (Å²) < 4.78 is 57.1. The van der Waals surface area contributed by atoms with Gasteiger partial charge in [-0.25, -0.2) is 4.39 Å². The highest BCUT2D eigenvalue weighted by molar-refractivity contribution is 6.07. The molecule has 4 nitrogen and oxygen atoms in total. The van der Waals surface area contributed by atoms with E-state index < -0.39 is 23.5 Å². The molecule has 0 unspecified atom stereocenters. The van der Waals surface area contributed by atoms with Crippen LogP contribution in [0.3, 0.4) is 0 Å². The van der Waals surface area contributed by atoms with Crippen molar-refractivity contribution in [3.8, 4) is 0 Å². The van der Waals surface area contributed by atoms with Crippen molar-refractivity contribution in [3.63, 3.8) is 0 Å². The summed E-state index contributed by atoms with van der Waals surface area (Å²) in [6.45, 7) is 0.118. The van der Waals surface area contributed by atoms with Crippen LogP contribution in [0.1, 0.15) is 21.6 Å². The van der Waals surface area contributed by atoms with E-state index in [0.29, 0.717) is 16.8 Å². The van der Waals surface area contributed by atoms with E-state index >= 15 is 0 Å². The summed E-state index contributed by atoms with van der Waals surface area (Å²) in [5.41, 5.74) is 1.95. The lowest BCUT2D eigenvalue weighted by Gasteiger charge is -2.12. The Morgan fingerprint density at radius 1 is 0.912 bits per heavy atom. The topological polar surface area (TPSA) is 39.0 Å². The predicted octanol–water partition coefficient (Wildman–Crippen LogP) is 6.59. The smallest absolute Gasteiger partial charge is 0.351 e. The predicted molar refractivity (Wildman–Crippen MR) is 123 cm³/mol. The van der Waals surface area contributed by atoms with Crippen LogP contribution < -0.4 is 5.32 Å². The number of rotatable bonds is 4. The summed E-state index contributed by atoms with van der Waals surface area (Å²) in [7, 11) is 1.92. The molecule has 1 amide bonds. The van der Waals surface area contributed by atoms with Crippen LogP contribution in [-0.4, -0.2) is 15.0 Å². The molecule has 0 saturated carbocycles. The summed E-state index contributed by atoms with van der Waals surface area (Å²) in [6.07, 6.45) is -2.60. The van der Waals surface area contributed by atoms with Crippen molar-refractivity contribution in [2.75, 3.05) is 5.32 Å². The number of amides is 1. The maximum Gasteiger partial charge on any atom is 0.416 e. The van der Waals surface area contributed by atoms with Crippen molar-refractivity contribution >= 4 is 33.4 Å². The first-order valence-corrected chi connectivity index (χ1v) is 10.5. The van der Waals surface area contributed by atoms with Gasteiger partial charge in [-0.15, -0.1) is 0 Å². The fourth-order valence-electron chi connectivity index (χ4n) is 4.18. The molecule has 0 aliphatic carbocycles. The molecule has 34 heavy (non-hydrogen) atoms. The van der Waals surface area contributed by atoms with Gasteiger partial charge in [0.1, 0.15) is 11.5 Å². The molecule has 1 N–H and O–H groups in total. The number of anilines is 1. The van der Waals surface area contributed by atoms with Crippen molar-refractivity contribution < 1.29 is 22.4 Å². The molecule has 5 rings (SSSR count). The lowest BCUT2D eigenvalue weighted by atomic mass is 10.1. The third kappa shape index (κ3) is 4.03. The van der Waals surface area contributed by atoms with Gasteiger partial charge in [0.25, 0.3) is 5.91 Å². The number of nitrogens with one attached hydrogen (secondary N) is 1. The Balaban J connectivity index is 1.57. The van der Waals surface area contributed by atoms with Crippen molar-refractivity contribution in [2.24, 2.45) is 7.05 Å². The second-order valence-corrected chi connectivity index (χ2v) is 8.17.